The smallest absolute Gasteiger partial charge is 0.234 e. The highest BCUT2D eigenvalue weighted by Gasteiger charge is 2.15. The highest BCUT2D eigenvalue weighted by molar-refractivity contribution is 8.00. The average Bonchev–Trinajstić information content (AvgIpc) is 2.67. The Kier molecular flexibility index (Phi) is 4.39. The molecule has 3 aromatic rings. The fourth-order valence-electron chi connectivity index (χ4n) is 2.80. The number of thioether (sulfide) groups is 1. The van der Waals surface area contributed by atoms with Gasteiger partial charge in [0.1, 0.15) is 0 Å². The number of nitrogens with one attached hydrogen (secondary N) is 2. The van der Waals surface area contributed by atoms with Gasteiger partial charge < -0.3 is 10.6 Å². The summed E-state index contributed by atoms with van der Waals surface area (Å²) in [4.78, 5) is 16.7. The molecule has 0 unspecified atom stereocenters. The van der Waals surface area contributed by atoms with E-state index in [1.807, 2.05) is 18.2 Å². The van der Waals surface area contributed by atoms with Gasteiger partial charge in [-0.1, -0.05) is 18.2 Å². The lowest BCUT2D eigenvalue weighted by molar-refractivity contribution is -0.113. The lowest BCUT2D eigenvalue weighted by atomic mass is 10.0. The number of benzene rings is 2. The first-order valence-corrected chi connectivity index (χ1v) is 9.06. The van der Waals surface area contributed by atoms with Gasteiger partial charge in [0.05, 0.1) is 11.4 Å². The molecule has 25 heavy (non-hydrogen) atoms. The van der Waals surface area contributed by atoms with Gasteiger partial charge in [-0.3, -0.25) is 9.78 Å². The van der Waals surface area contributed by atoms with Crippen LogP contribution in [0.3, 0.4) is 0 Å². The molecule has 0 radical (unpaired) electrons. The van der Waals surface area contributed by atoms with Crippen LogP contribution < -0.4 is 10.6 Å². The van der Waals surface area contributed by atoms with Crippen LogP contribution in [0.1, 0.15) is 5.56 Å². The topological polar surface area (TPSA) is 54.0 Å². The van der Waals surface area contributed by atoms with Crippen molar-refractivity contribution < 1.29 is 4.79 Å². The number of hydrogen-bond donors (Lipinski definition) is 2. The molecule has 4 nitrogen and oxygen atoms in total. The predicted octanol–water partition coefficient (Wildman–Crippen LogP) is 4.40. The molecule has 0 atom stereocenters. The van der Waals surface area contributed by atoms with Crippen molar-refractivity contribution in [1.29, 1.82) is 0 Å². The summed E-state index contributed by atoms with van der Waals surface area (Å²) in [7, 11) is 0. The third-order valence-corrected chi connectivity index (χ3v) is 5.12. The Morgan fingerprint density at radius 2 is 1.92 bits per heavy atom. The van der Waals surface area contributed by atoms with Crippen molar-refractivity contribution in [3.63, 3.8) is 0 Å². The largest absolute Gasteiger partial charge is 0.381 e. The molecule has 1 aliphatic rings. The van der Waals surface area contributed by atoms with Crippen molar-refractivity contribution in [3.8, 4) is 11.1 Å². The second kappa shape index (κ2) is 6.99. The minimum absolute atomic E-state index is 0.0553. The standard InChI is InChI=1S/C20H17N3OS/c24-20-13-25-19-5-4-17(11-18(19)23-20)22-12-14-2-1-3-16(10-14)15-6-8-21-9-7-15/h1-11,22H,12-13H2,(H,23,24). The van der Waals surface area contributed by atoms with Crippen LogP contribution >= 0.6 is 11.8 Å². The van der Waals surface area contributed by atoms with Crippen molar-refractivity contribution in [3.05, 3.63) is 72.6 Å². The molecule has 2 aromatic carbocycles. The molecular formula is C20H17N3OS. The molecule has 124 valence electrons. The van der Waals surface area contributed by atoms with Gasteiger partial charge in [0.15, 0.2) is 0 Å². The number of fused-ring (bicyclic) bond motifs is 1. The molecule has 5 heteroatoms. The first-order valence-electron chi connectivity index (χ1n) is 8.08. The summed E-state index contributed by atoms with van der Waals surface area (Å²) in [5, 5.41) is 6.36. The molecule has 0 aliphatic carbocycles. The average molecular weight is 347 g/mol. The zero-order valence-corrected chi connectivity index (χ0v) is 14.3. The number of aromatic nitrogens is 1. The van der Waals surface area contributed by atoms with E-state index in [1.165, 1.54) is 11.1 Å². The van der Waals surface area contributed by atoms with Gasteiger partial charge in [-0.15, -0.1) is 11.8 Å². The normalized spacial score (nSPS) is 13.0. The summed E-state index contributed by atoms with van der Waals surface area (Å²) in [6, 6.07) is 18.6. The Bertz CT molecular complexity index is 912. The van der Waals surface area contributed by atoms with Gasteiger partial charge in [-0.25, -0.2) is 0 Å². The molecule has 1 aliphatic heterocycles. The minimum Gasteiger partial charge on any atom is -0.381 e. The van der Waals surface area contributed by atoms with Crippen LogP contribution in [0.5, 0.6) is 0 Å². The lowest BCUT2D eigenvalue weighted by Gasteiger charge is -2.17. The zero-order chi connectivity index (χ0) is 17.1. The van der Waals surface area contributed by atoms with Gasteiger partial charge in [-0.05, 0) is 53.1 Å². The quantitative estimate of drug-likeness (QED) is 0.734. The van der Waals surface area contributed by atoms with Gasteiger partial charge in [0.25, 0.3) is 0 Å². The summed E-state index contributed by atoms with van der Waals surface area (Å²) in [5.41, 5.74) is 5.42. The molecule has 0 spiro atoms. The first kappa shape index (κ1) is 15.7. The van der Waals surface area contributed by atoms with E-state index >= 15 is 0 Å². The SMILES string of the molecule is O=C1CSc2ccc(NCc3cccc(-c4ccncc4)c3)cc2N1. The molecule has 0 saturated carbocycles. The van der Waals surface area contributed by atoms with Crippen molar-refractivity contribution >= 4 is 29.0 Å². The summed E-state index contributed by atoms with van der Waals surface area (Å²) >= 11 is 1.57. The van der Waals surface area contributed by atoms with E-state index in [-0.39, 0.29) is 5.91 Å². The summed E-state index contributed by atoms with van der Waals surface area (Å²) in [6.07, 6.45) is 3.61. The molecular weight excluding hydrogens is 330 g/mol. The Hall–Kier alpha value is -2.79. The van der Waals surface area contributed by atoms with Gasteiger partial charge >= 0.3 is 0 Å². The molecule has 2 heterocycles. The van der Waals surface area contributed by atoms with Crippen LogP contribution in [0.15, 0.2) is 71.9 Å². The summed E-state index contributed by atoms with van der Waals surface area (Å²) in [5.74, 6) is 0.543. The molecule has 4 rings (SSSR count). The van der Waals surface area contributed by atoms with Crippen molar-refractivity contribution in [2.45, 2.75) is 11.4 Å². The predicted molar refractivity (Wildman–Crippen MR) is 103 cm³/mol. The van der Waals surface area contributed by atoms with E-state index in [1.54, 1.807) is 24.2 Å². The maximum absolute atomic E-state index is 11.5. The van der Waals surface area contributed by atoms with E-state index in [0.29, 0.717) is 5.75 Å². The third-order valence-electron chi connectivity index (χ3n) is 4.05. The van der Waals surface area contributed by atoms with Crippen molar-refractivity contribution in [1.82, 2.24) is 4.98 Å². The van der Waals surface area contributed by atoms with Crippen LogP contribution in [0.2, 0.25) is 0 Å². The maximum Gasteiger partial charge on any atom is 0.234 e. The van der Waals surface area contributed by atoms with Crippen LogP contribution in [0, 0.1) is 0 Å². The number of carbonyl (C=O) groups excluding carboxylic acids is 1. The highest BCUT2D eigenvalue weighted by atomic mass is 32.2. The Labute approximate surface area is 150 Å². The van der Waals surface area contributed by atoms with E-state index in [9.17, 15) is 4.79 Å². The molecule has 0 fully saturated rings. The van der Waals surface area contributed by atoms with Gasteiger partial charge in [0, 0.05) is 29.5 Å². The Morgan fingerprint density at radius 3 is 2.80 bits per heavy atom. The Balaban J connectivity index is 1.49. The number of rotatable bonds is 4. The van der Waals surface area contributed by atoms with Crippen molar-refractivity contribution in [2.24, 2.45) is 0 Å². The maximum atomic E-state index is 11.5. The van der Waals surface area contributed by atoms with Crippen LogP contribution in [-0.2, 0) is 11.3 Å². The van der Waals surface area contributed by atoms with E-state index < -0.39 is 0 Å². The number of amides is 1. The van der Waals surface area contributed by atoms with Crippen LogP contribution in [-0.4, -0.2) is 16.6 Å². The molecule has 0 bridgehead atoms. The zero-order valence-electron chi connectivity index (χ0n) is 13.5. The van der Waals surface area contributed by atoms with Crippen LogP contribution in [0.25, 0.3) is 11.1 Å². The summed E-state index contributed by atoms with van der Waals surface area (Å²) in [6.45, 7) is 0.721. The van der Waals surface area contributed by atoms with Gasteiger partial charge in [-0.2, -0.15) is 0 Å². The van der Waals surface area contributed by atoms with E-state index in [0.717, 1.165) is 28.4 Å². The number of nitrogens with zero attached hydrogens (tertiary/aromatic N) is 1. The number of anilines is 2. The molecule has 2 N–H and O–H groups in total. The molecule has 0 saturated heterocycles. The van der Waals surface area contributed by atoms with Crippen molar-refractivity contribution in [2.75, 3.05) is 16.4 Å². The lowest BCUT2D eigenvalue weighted by Crippen LogP contribution is -2.18. The number of hydrogen-bond acceptors (Lipinski definition) is 4. The molecule has 1 amide bonds. The molecule has 1 aromatic heterocycles. The second-order valence-corrected chi connectivity index (χ2v) is 6.85. The third kappa shape index (κ3) is 3.67. The van der Waals surface area contributed by atoms with Gasteiger partial charge in [0.2, 0.25) is 5.91 Å². The number of carbonyl (C=O) groups is 1. The Morgan fingerprint density at radius 1 is 1.04 bits per heavy atom. The summed E-state index contributed by atoms with van der Waals surface area (Å²) < 4.78 is 0. The fourth-order valence-corrected chi connectivity index (χ4v) is 3.59. The van der Waals surface area contributed by atoms with E-state index in [2.05, 4.69) is 52.0 Å². The monoisotopic (exact) mass is 347 g/mol. The minimum atomic E-state index is 0.0553. The number of pyridine rings is 1. The van der Waals surface area contributed by atoms with E-state index in [4.69, 9.17) is 0 Å². The first-order chi connectivity index (χ1) is 12.3. The van der Waals surface area contributed by atoms with Crippen LogP contribution in [0.4, 0.5) is 11.4 Å². The second-order valence-electron chi connectivity index (χ2n) is 5.84. The fraction of sp³-hybridized carbons (Fsp3) is 0.100. The highest BCUT2D eigenvalue weighted by Crippen LogP contribution is 2.33.